The molecule has 5 rings (SSSR count). The predicted molar refractivity (Wildman–Crippen MR) is 140 cm³/mol. The van der Waals surface area contributed by atoms with Gasteiger partial charge in [0.25, 0.3) is 0 Å². The monoisotopic (exact) mass is 514 g/mol. The Morgan fingerprint density at radius 1 is 1.24 bits per heavy atom. The highest BCUT2D eigenvalue weighted by molar-refractivity contribution is 5.69. The normalized spacial score (nSPS) is 22.5. The summed E-state index contributed by atoms with van der Waals surface area (Å²) in [5.74, 6) is -1.01. The Balaban J connectivity index is 1.34. The number of rotatable bonds is 8. The fourth-order valence-corrected chi connectivity index (χ4v) is 5.69. The number of pyridine rings is 1. The zero-order valence-corrected chi connectivity index (χ0v) is 21.4. The summed E-state index contributed by atoms with van der Waals surface area (Å²) in [6.45, 7) is 5.66. The van der Waals surface area contributed by atoms with Crippen LogP contribution in [0.4, 0.5) is 26.0 Å². The Labute approximate surface area is 216 Å². The summed E-state index contributed by atoms with van der Waals surface area (Å²) in [6.07, 6.45) is 3.10. The molecule has 2 N–H and O–H groups in total. The zero-order chi connectivity index (χ0) is 26.0. The van der Waals surface area contributed by atoms with E-state index in [9.17, 15) is 9.90 Å². The van der Waals surface area contributed by atoms with Crippen molar-refractivity contribution in [3.63, 3.8) is 0 Å². The van der Waals surface area contributed by atoms with Crippen molar-refractivity contribution in [2.75, 3.05) is 61.1 Å². The van der Waals surface area contributed by atoms with Gasteiger partial charge in [0.1, 0.15) is 17.3 Å². The number of benzene rings is 1. The minimum absolute atomic E-state index is 0.104. The number of morpholine rings is 1. The van der Waals surface area contributed by atoms with Crippen LogP contribution in [0.2, 0.25) is 0 Å². The molecule has 0 saturated carbocycles. The summed E-state index contributed by atoms with van der Waals surface area (Å²) in [5, 5.41) is 12.6. The van der Waals surface area contributed by atoms with Gasteiger partial charge in [0.15, 0.2) is 0 Å². The van der Waals surface area contributed by atoms with Crippen LogP contribution in [0.3, 0.4) is 0 Å². The molecule has 0 spiro atoms. The van der Waals surface area contributed by atoms with Gasteiger partial charge in [-0.1, -0.05) is 13.0 Å². The average Bonchev–Trinajstić information content (AvgIpc) is 3.29. The molecule has 3 aliphatic rings. The Morgan fingerprint density at radius 3 is 2.84 bits per heavy atom. The molecule has 0 radical (unpaired) electrons. The number of ether oxygens (including phenoxy) is 1. The van der Waals surface area contributed by atoms with E-state index < -0.39 is 23.4 Å². The minimum Gasteiger partial charge on any atom is -0.481 e. The second-order valence-electron chi connectivity index (χ2n) is 10.6. The SMILES string of the molecule is CC(CC(=O)O)c1cc(N2CCOCC2)cc(N2CC[C@](F)(CCc3ccc4c(n3)NCCC4)C2)c1F. The van der Waals surface area contributed by atoms with Gasteiger partial charge in [0.05, 0.1) is 31.9 Å². The Kier molecular flexibility index (Phi) is 7.51. The van der Waals surface area contributed by atoms with Gasteiger partial charge in [-0.2, -0.15) is 0 Å². The average molecular weight is 515 g/mol. The number of nitrogens with one attached hydrogen (secondary N) is 1. The lowest BCUT2D eigenvalue weighted by Crippen LogP contribution is -2.36. The van der Waals surface area contributed by atoms with E-state index in [-0.39, 0.29) is 13.0 Å². The molecule has 4 heterocycles. The quantitative estimate of drug-likeness (QED) is 0.535. The van der Waals surface area contributed by atoms with Gasteiger partial charge in [-0.3, -0.25) is 4.79 Å². The molecule has 1 aromatic carbocycles. The lowest BCUT2D eigenvalue weighted by molar-refractivity contribution is -0.137. The van der Waals surface area contributed by atoms with Crippen LogP contribution in [0.5, 0.6) is 0 Å². The topological polar surface area (TPSA) is 77.9 Å². The molecule has 1 aromatic heterocycles. The minimum atomic E-state index is -1.45. The molecule has 2 fully saturated rings. The number of carboxylic acid groups (broad SMARTS) is 1. The highest BCUT2D eigenvalue weighted by Crippen LogP contribution is 2.39. The number of carbonyl (C=O) groups is 1. The maximum Gasteiger partial charge on any atom is 0.303 e. The molecule has 9 heteroatoms. The second kappa shape index (κ2) is 10.8. The molecule has 200 valence electrons. The van der Waals surface area contributed by atoms with Crippen LogP contribution in [0.15, 0.2) is 24.3 Å². The van der Waals surface area contributed by atoms with Gasteiger partial charge >= 0.3 is 5.97 Å². The lowest BCUT2D eigenvalue weighted by atomic mass is 9.95. The van der Waals surface area contributed by atoms with Crippen LogP contribution in [-0.2, 0) is 22.4 Å². The molecular weight excluding hydrogens is 478 g/mol. The van der Waals surface area contributed by atoms with E-state index in [1.165, 1.54) is 5.56 Å². The number of hydrogen-bond donors (Lipinski definition) is 2. The standard InChI is InChI=1S/C28H36F2N4O3/c1-19(15-25(35)36)23-16-22(33-11-13-37-14-12-33)17-24(26(23)29)34-10-8-28(30,18-34)7-6-21-5-4-20-3-2-9-31-27(20)32-21/h4-5,16-17,19H,2-3,6-15,18H2,1H3,(H,31,32)(H,35,36)/t19?,28-/m1/s1. The van der Waals surface area contributed by atoms with Crippen molar-refractivity contribution >= 4 is 23.2 Å². The van der Waals surface area contributed by atoms with Crippen LogP contribution >= 0.6 is 0 Å². The first kappa shape index (κ1) is 25.7. The Hall–Kier alpha value is -2.94. The van der Waals surface area contributed by atoms with E-state index in [0.717, 1.165) is 36.6 Å². The Bertz CT molecular complexity index is 1140. The third-order valence-corrected chi connectivity index (χ3v) is 7.88. The molecule has 1 unspecified atom stereocenters. The largest absolute Gasteiger partial charge is 0.481 e. The fraction of sp³-hybridized carbons (Fsp3) is 0.571. The van der Waals surface area contributed by atoms with Crippen molar-refractivity contribution in [3.05, 3.63) is 46.9 Å². The van der Waals surface area contributed by atoms with E-state index >= 15 is 8.78 Å². The number of aromatic nitrogens is 1. The molecule has 7 nitrogen and oxygen atoms in total. The number of nitrogens with zero attached hydrogens (tertiary/aromatic N) is 3. The number of carboxylic acids is 1. The number of alkyl halides is 1. The molecular formula is C28H36F2N4O3. The molecule has 37 heavy (non-hydrogen) atoms. The first-order valence-corrected chi connectivity index (χ1v) is 13.4. The van der Waals surface area contributed by atoms with Crippen molar-refractivity contribution in [3.8, 4) is 0 Å². The molecule has 2 saturated heterocycles. The number of fused-ring (bicyclic) bond motifs is 1. The van der Waals surface area contributed by atoms with Crippen molar-refractivity contribution in [1.29, 1.82) is 0 Å². The fourth-order valence-electron chi connectivity index (χ4n) is 5.69. The predicted octanol–water partition coefficient (Wildman–Crippen LogP) is 4.54. The number of aliphatic carboxylic acids is 1. The van der Waals surface area contributed by atoms with Gasteiger partial charge in [-0.25, -0.2) is 13.8 Å². The molecule has 0 aliphatic carbocycles. The van der Waals surface area contributed by atoms with Gasteiger partial charge in [-0.05, 0) is 60.9 Å². The Morgan fingerprint density at radius 2 is 2.05 bits per heavy atom. The van der Waals surface area contributed by atoms with Gasteiger partial charge in [-0.15, -0.1) is 0 Å². The van der Waals surface area contributed by atoms with Crippen LogP contribution in [0.1, 0.15) is 55.3 Å². The second-order valence-corrected chi connectivity index (χ2v) is 10.6. The van der Waals surface area contributed by atoms with Crippen LogP contribution in [-0.4, -0.2) is 67.7 Å². The number of hydrogen-bond acceptors (Lipinski definition) is 6. The number of halogens is 2. The van der Waals surface area contributed by atoms with E-state index in [4.69, 9.17) is 9.72 Å². The highest BCUT2D eigenvalue weighted by atomic mass is 19.1. The summed E-state index contributed by atoms with van der Waals surface area (Å²) >= 11 is 0. The maximum absolute atomic E-state index is 16.0. The van der Waals surface area contributed by atoms with Gasteiger partial charge < -0.3 is 25.0 Å². The highest BCUT2D eigenvalue weighted by Gasteiger charge is 2.39. The van der Waals surface area contributed by atoms with E-state index in [1.807, 2.05) is 6.07 Å². The van der Waals surface area contributed by atoms with Crippen LogP contribution < -0.4 is 15.1 Å². The van der Waals surface area contributed by atoms with Crippen LogP contribution in [0.25, 0.3) is 0 Å². The molecule has 2 atom stereocenters. The van der Waals surface area contributed by atoms with E-state index in [1.54, 1.807) is 24.0 Å². The van der Waals surface area contributed by atoms with E-state index in [0.29, 0.717) is 63.4 Å². The maximum atomic E-state index is 16.0. The van der Waals surface area contributed by atoms with E-state index in [2.05, 4.69) is 16.3 Å². The van der Waals surface area contributed by atoms with Gasteiger partial charge in [0, 0.05) is 44.0 Å². The van der Waals surface area contributed by atoms with Crippen molar-refractivity contribution in [2.45, 2.75) is 57.0 Å². The third-order valence-electron chi connectivity index (χ3n) is 7.88. The first-order chi connectivity index (χ1) is 17.8. The zero-order valence-electron chi connectivity index (χ0n) is 21.4. The van der Waals surface area contributed by atoms with Gasteiger partial charge in [0.2, 0.25) is 0 Å². The first-order valence-electron chi connectivity index (χ1n) is 13.4. The molecule has 0 amide bonds. The number of anilines is 3. The summed E-state index contributed by atoms with van der Waals surface area (Å²) in [4.78, 5) is 20.0. The molecule has 2 aromatic rings. The van der Waals surface area contributed by atoms with Crippen molar-refractivity contribution in [1.82, 2.24) is 4.98 Å². The smallest absolute Gasteiger partial charge is 0.303 e. The van der Waals surface area contributed by atoms with Crippen molar-refractivity contribution in [2.24, 2.45) is 0 Å². The summed E-state index contributed by atoms with van der Waals surface area (Å²) < 4.78 is 37.3. The molecule has 0 bridgehead atoms. The summed E-state index contributed by atoms with van der Waals surface area (Å²) in [6, 6.07) is 7.62. The summed E-state index contributed by atoms with van der Waals surface area (Å²) in [5.41, 5.74) is 2.18. The van der Waals surface area contributed by atoms with Crippen LogP contribution in [0, 0.1) is 5.82 Å². The third kappa shape index (κ3) is 5.81. The lowest BCUT2D eigenvalue weighted by Gasteiger charge is -2.32. The summed E-state index contributed by atoms with van der Waals surface area (Å²) in [7, 11) is 0. The van der Waals surface area contributed by atoms with Crippen molar-refractivity contribution < 1.29 is 23.4 Å². The molecule has 3 aliphatic heterocycles. The number of aryl methyl sites for hydroxylation is 2.